The Morgan fingerprint density at radius 2 is 2.08 bits per heavy atom. The van der Waals surface area contributed by atoms with Crippen LogP contribution < -0.4 is 10.2 Å². The van der Waals surface area contributed by atoms with E-state index in [9.17, 15) is 13.2 Å². The van der Waals surface area contributed by atoms with Crippen LogP contribution in [0.15, 0.2) is 34.3 Å². The largest absolute Gasteiger partial charge is 0.494 e. The van der Waals surface area contributed by atoms with Crippen LogP contribution in [0.4, 0.5) is 0 Å². The predicted molar refractivity (Wildman–Crippen MR) is 84.3 cm³/mol. The molecule has 132 valence electrons. The Morgan fingerprint density at radius 3 is 2.62 bits per heavy atom. The standard InChI is InChI=1S/C14H19N3O6S/c1-3-23-11-4-6-12(7-5-11)24(20,21)17-9-10(16-22-2)8-13(17)14(18)15-19/h4-7,13,19H,3,8-9H2,1-2H3,(H,15,18)/b16-10-/t13-/m0/s1. The molecule has 10 heteroatoms. The van der Waals surface area contributed by atoms with Crippen molar-refractivity contribution in [2.75, 3.05) is 20.3 Å². The van der Waals surface area contributed by atoms with Gasteiger partial charge in [-0.1, -0.05) is 5.16 Å². The summed E-state index contributed by atoms with van der Waals surface area (Å²) in [6.07, 6.45) is 0.0382. The summed E-state index contributed by atoms with van der Waals surface area (Å²) in [6.45, 7) is 2.19. The number of nitrogens with one attached hydrogen (secondary N) is 1. The lowest BCUT2D eigenvalue weighted by Crippen LogP contribution is -2.45. The monoisotopic (exact) mass is 357 g/mol. The predicted octanol–water partition coefficient (Wildman–Crippen LogP) is 0.356. The molecule has 1 aromatic carbocycles. The molecule has 1 aliphatic rings. The van der Waals surface area contributed by atoms with Gasteiger partial charge >= 0.3 is 0 Å². The van der Waals surface area contributed by atoms with Gasteiger partial charge in [-0.2, -0.15) is 4.31 Å². The molecule has 9 nitrogen and oxygen atoms in total. The van der Waals surface area contributed by atoms with E-state index in [1.54, 1.807) is 0 Å². The summed E-state index contributed by atoms with van der Waals surface area (Å²) in [6, 6.07) is 4.79. The number of sulfonamides is 1. The average Bonchev–Trinajstić information content (AvgIpc) is 3.00. The highest BCUT2D eigenvalue weighted by molar-refractivity contribution is 7.89. The van der Waals surface area contributed by atoms with Crippen molar-refractivity contribution >= 4 is 21.6 Å². The van der Waals surface area contributed by atoms with Crippen molar-refractivity contribution in [2.45, 2.75) is 24.3 Å². The number of carbonyl (C=O) groups excluding carboxylic acids is 1. The number of benzene rings is 1. The van der Waals surface area contributed by atoms with Crippen molar-refractivity contribution in [1.82, 2.24) is 9.79 Å². The van der Waals surface area contributed by atoms with Gasteiger partial charge in [0.1, 0.15) is 18.9 Å². The lowest BCUT2D eigenvalue weighted by atomic mass is 10.2. The third-order valence-corrected chi connectivity index (χ3v) is 5.36. The zero-order valence-electron chi connectivity index (χ0n) is 13.3. The van der Waals surface area contributed by atoms with Crippen LogP contribution >= 0.6 is 0 Å². The molecular formula is C14H19N3O6S. The van der Waals surface area contributed by atoms with Crippen LogP contribution in [0.2, 0.25) is 0 Å². The van der Waals surface area contributed by atoms with Crippen LogP contribution in [-0.2, 0) is 19.7 Å². The van der Waals surface area contributed by atoms with Crippen LogP contribution in [0.3, 0.4) is 0 Å². The van der Waals surface area contributed by atoms with Gasteiger partial charge in [-0.15, -0.1) is 0 Å². The van der Waals surface area contributed by atoms with Gasteiger partial charge in [0.15, 0.2) is 0 Å². The third-order valence-electron chi connectivity index (χ3n) is 3.49. The van der Waals surface area contributed by atoms with Crippen LogP contribution in [0.25, 0.3) is 0 Å². The minimum atomic E-state index is -3.96. The van der Waals surface area contributed by atoms with Crippen LogP contribution in [0, 0.1) is 0 Å². The number of rotatable bonds is 6. The zero-order valence-corrected chi connectivity index (χ0v) is 14.1. The normalized spacial score (nSPS) is 20.1. The molecule has 2 rings (SSSR count). The number of oxime groups is 1. The Hall–Kier alpha value is -2.17. The van der Waals surface area contributed by atoms with Gasteiger partial charge in [0.2, 0.25) is 10.0 Å². The first kappa shape index (κ1) is 18.2. The molecule has 1 heterocycles. The molecule has 1 fully saturated rings. The van der Waals surface area contributed by atoms with Crippen molar-refractivity contribution in [1.29, 1.82) is 0 Å². The topological polar surface area (TPSA) is 118 Å². The van der Waals surface area contributed by atoms with E-state index in [2.05, 4.69) is 9.99 Å². The maximum Gasteiger partial charge on any atom is 0.262 e. The summed E-state index contributed by atoms with van der Waals surface area (Å²) < 4.78 is 31.9. The highest BCUT2D eigenvalue weighted by atomic mass is 32.2. The molecule has 0 aliphatic carbocycles. The molecule has 0 radical (unpaired) electrons. The Kier molecular flexibility index (Phi) is 5.75. The van der Waals surface area contributed by atoms with Gasteiger partial charge in [0, 0.05) is 6.42 Å². The number of hydrogen-bond acceptors (Lipinski definition) is 7. The molecule has 2 N–H and O–H groups in total. The molecule has 24 heavy (non-hydrogen) atoms. The molecule has 1 saturated heterocycles. The summed E-state index contributed by atoms with van der Waals surface area (Å²) in [7, 11) is -2.63. The fourth-order valence-corrected chi connectivity index (χ4v) is 4.01. The number of amides is 1. The van der Waals surface area contributed by atoms with Crippen molar-refractivity contribution in [3.05, 3.63) is 24.3 Å². The van der Waals surface area contributed by atoms with E-state index in [0.29, 0.717) is 18.1 Å². The summed E-state index contributed by atoms with van der Waals surface area (Å²) in [5.41, 5.74) is 1.88. The number of hydrogen-bond donors (Lipinski definition) is 2. The van der Waals surface area contributed by atoms with E-state index in [4.69, 9.17) is 9.94 Å². The van der Waals surface area contributed by atoms with E-state index < -0.39 is 22.0 Å². The van der Waals surface area contributed by atoms with E-state index in [1.807, 2.05) is 6.92 Å². The highest BCUT2D eigenvalue weighted by Gasteiger charge is 2.42. The van der Waals surface area contributed by atoms with Gasteiger partial charge < -0.3 is 9.57 Å². The molecule has 0 aromatic heterocycles. The third kappa shape index (κ3) is 3.66. The van der Waals surface area contributed by atoms with E-state index in [1.165, 1.54) is 36.9 Å². The number of nitrogens with zero attached hydrogens (tertiary/aromatic N) is 2. The summed E-state index contributed by atoms with van der Waals surface area (Å²) in [4.78, 5) is 16.5. The quantitative estimate of drug-likeness (QED) is 0.560. The van der Waals surface area contributed by atoms with Crippen molar-refractivity contribution in [3.63, 3.8) is 0 Å². The second-order valence-corrected chi connectivity index (χ2v) is 6.88. The SMILES string of the molecule is CCOc1ccc(S(=O)(=O)N2C/C(=N\OC)C[C@H]2C(=O)NO)cc1. The maximum absolute atomic E-state index is 12.8. The van der Waals surface area contributed by atoms with E-state index in [-0.39, 0.29) is 17.9 Å². The van der Waals surface area contributed by atoms with Gasteiger partial charge in [-0.05, 0) is 31.2 Å². The molecule has 0 spiro atoms. The minimum absolute atomic E-state index is 0.0142. The lowest BCUT2D eigenvalue weighted by molar-refractivity contribution is -0.132. The van der Waals surface area contributed by atoms with Crippen LogP contribution in [0.1, 0.15) is 13.3 Å². The number of hydroxylamine groups is 1. The van der Waals surface area contributed by atoms with Crippen molar-refractivity contribution < 1.29 is 28.0 Å². The van der Waals surface area contributed by atoms with Crippen LogP contribution in [0.5, 0.6) is 5.75 Å². The summed E-state index contributed by atoms with van der Waals surface area (Å²) in [5, 5.41) is 12.6. The number of ether oxygens (including phenoxy) is 1. The molecule has 0 unspecified atom stereocenters. The van der Waals surface area contributed by atoms with Crippen molar-refractivity contribution in [3.8, 4) is 5.75 Å². The Morgan fingerprint density at radius 1 is 1.42 bits per heavy atom. The molecule has 0 bridgehead atoms. The molecule has 1 aromatic rings. The van der Waals surface area contributed by atoms with Gasteiger partial charge in [-0.3, -0.25) is 10.0 Å². The first-order chi connectivity index (χ1) is 11.4. The zero-order chi connectivity index (χ0) is 17.7. The molecular weight excluding hydrogens is 338 g/mol. The second kappa shape index (κ2) is 7.60. The van der Waals surface area contributed by atoms with Gasteiger partial charge in [0.05, 0.1) is 23.8 Å². The van der Waals surface area contributed by atoms with Gasteiger partial charge in [0.25, 0.3) is 5.91 Å². The second-order valence-electron chi connectivity index (χ2n) is 4.99. The average molecular weight is 357 g/mol. The number of carbonyl (C=O) groups is 1. The summed E-state index contributed by atoms with van der Waals surface area (Å²) >= 11 is 0. The molecule has 1 amide bonds. The minimum Gasteiger partial charge on any atom is -0.494 e. The fraction of sp³-hybridized carbons (Fsp3) is 0.429. The highest BCUT2D eigenvalue weighted by Crippen LogP contribution is 2.26. The van der Waals surface area contributed by atoms with Crippen LogP contribution in [-0.4, -0.2) is 55.9 Å². The Balaban J connectivity index is 2.34. The molecule has 1 atom stereocenters. The smallest absolute Gasteiger partial charge is 0.262 e. The lowest BCUT2D eigenvalue weighted by Gasteiger charge is -2.21. The van der Waals surface area contributed by atoms with Crippen molar-refractivity contribution in [2.24, 2.45) is 5.16 Å². The summed E-state index contributed by atoms with van der Waals surface area (Å²) in [5.74, 6) is -0.282. The maximum atomic E-state index is 12.8. The fourth-order valence-electron chi connectivity index (χ4n) is 2.44. The molecule has 0 saturated carbocycles. The Labute approximate surface area is 139 Å². The van der Waals surface area contributed by atoms with E-state index in [0.717, 1.165) is 4.31 Å². The van der Waals surface area contributed by atoms with E-state index >= 15 is 0 Å². The Bertz CT molecular complexity index is 717. The molecule has 1 aliphatic heterocycles. The first-order valence-corrected chi connectivity index (χ1v) is 8.65. The first-order valence-electron chi connectivity index (χ1n) is 7.21. The van der Waals surface area contributed by atoms with Gasteiger partial charge in [-0.25, -0.2) is 13.9 Å².